The van der Waals surface area contributed by atoms with Crippen molar-refractivity contribution in [3.05, 3.63) is 58.6 Å². The van der Waals surface area contributed by atoms with Crippen LogP contribution in [0.5, 0.6) is 11.5 Å². The van der Waals surface area contributed by atoms with Crippen molar-refractivity contribution in [1.82, 2.24) is 5.32 Å². The second kappa shape index (κ2) is 9.61. The third-order valence-electron chi connectivity index (χ3n) is 3.58. The maximum Gasteiger partial charge on any atom is 0.220 e. The van der Waals surface area contributed by atoms with Gasteiger partial charge in [-0.2, -0.15) is 0 Å². The number of carbonyl (C=O) groups is 1. The quantitative estimate of drug-likeness (QED) is 0.734. The summed E-state index contributed by atoms with van der Waals surface area (Å²) in [4.78, 5) is 12.0. The fourth-order valence-corrected chi connectivity index (χ4v) is 2.38. The zero-order valence-corrected chi connectivity index (χ0v) is 14.8. The van der Waals surface area contributed by atoms with Crippen molar-refractivity contribution in [2.24, 2.45) is 0 Å². The monoisotopic (exact) mass is 357 g/mol. The molecule has 0 saturated heterocycles. The van der Waals surface area contributed by atoms with Crippen LogP contribution in [0.2, 0.25) is 5.02 Å². The van der Waals surface area contributed by atoms with Crippen molar-refractivity contribution in [3.8, 4) is 23.8 Å². The third kappa shape index (κ3) is 6.06. The molecular weight excluding hydrogens is 338 g/mol. The summed E-state index contributed by atoms with van der Waals surface area (Å²) in [6.45, 7) is 0.668. The Morgan fingerprint density at radius 2 is 1.88 bits per heavy atom. The topological polar surface area (TPSA) is 47.6 Å². The average molecular weight is 358 g/mol. The van der Waals surface area contributed by atoms with Crippen LogP contribution >= 0.6 is 11.6 Å². The number of aryl methyl sites for hydroxylation is 1. The van der Waals surface area contributed by atoms with Crippen LogP contribution in [0.25, 0.3) is 0 Å². The lowest BCUT2D eigenvalue weighted by Crippen LogP contribution is -2.22. The van der Waals surface area contributed by atoms with Crippen molar-refractivity contribution >= 4 is 17.5 Å². The highest BCUT2D eigenvalue weighted by atomic mass is 35.5. The van der Waals surface area contributed by atoms with Gasteiger partial charge >= 0.3 is 0 Å². The summed E-state index contributed by atoms with van der Waals surface area (Å²) in [7, 11) is 1.57. The molecule has 25 heavy (non-hydrogen) atoms. The Balaban J connectivity index is 1.84. The molecule has 2 rings (SSSR count). The second-order valence-electron chi connectivity index (χ2n) is 5.38. The Morgan fingerprint density at radius 1 is 1.16 bits per heavy atom. The molecule has 0 aliphatic carbocycles. The summed E-state index contributed by atoms with van der Waals surface area (Å²) >= 11 is 5.84. The normalized spacial score (nSPS) is 9.96. The van der Waals surface area contributed by atoms with E-state index in [1.54, 1.807) is 25.3 Å². The number of hydrogen-bond donors (Lipinski definition) is 1. The Bertz CT molecular complexity index is 751. The van der Waals surface area contributed by atoms with Gasteiger partial charge in [0.1, 0.15) is 6.61 Å². The van der Waals surface area contributed by atoms with Crippen LogP contribution in [0, 0.1) is 12.3 Å². The first-order valence-corrected chi connectivity index (χ1v) is 8.24. The molecule has 0 unspecified atom stereocenters. The van der Waals surface area contributed by atoms with E-state index in [1.165, 1.54) is 0 Å². The molecule has 1 N–H and O–H groups in total. The highest BCUT2D eigenvalue weighted by Gasteiger charge is 2.08. The van der Waals surface area contributed by atoms with E-state index >= 15 is 0 Å². The first kappa shape index (κ1) is 18.7. The summed E-state index contributed by atoms with van der Waals surface area (Å²) in [6.07, 6.45) is 6.19. The first-order chi connectivity index (χ1) is 12.1. The maximum absolute atomic E-state index is 12.0. The number of ether oxygens (including phenoxy) is 2. The van der Waals surface area contributed by atoms with Gasteiger partial charge in [-0.25, -0.2) is 0 Å². The van der Waals surface area contributed by atoms with Gasteiger partial charge in [-0.15, -0.1) is 6.42 Å². The van der Waals surface area contributed by atoms with Crippen LogP contribution < -0.4 is 14.8 Å². The minimum atomic E-state index is -0.0124. The van der Waals surface area contributed by atoms with Crippen LogP contribution in [-0.2, 0) is 17.8 Å². The van der Waals surface area contributed by atoms with Gasteiger partial charge < -0.3 is 14.8 Å². The summed E-state index contributed by atoms with van der Waals surface area (Å²) in [5.41, 5.74) is 2.00. The summed E-state index contributed by atoms with van der Waals surface area (Å²) in [6, 6.07) is 13.0. The minimum absolute atomic E-state index is 0.0124. The number of nitrogens with one attached hydrogen (secondary N) is 1. The number of rotatable bonds is 8. The largest absolute Gasteiger partial charge is 0.493 e. The highest BCUT2D eigenvalue weighted by molar-refractivity contribution is 6.30. The molecule has 4 nitrogen and oxygen atoms in total. The van der Waals surface area contributed by atoms with Crippen LogP contribution in [0.15, 0.2) is 42.5 Å². The molecule has 0 atom stereocenters. The predicted molar refractivity (Wildman–Crippen MR) is 98.9 cm³/mol. The molecule has 0 heterocycles. The Hall–Kier alpha value is -2.64. The number of amides is 1. The van der Waals surface area contributed by atoms with Crippen LogP contribution in [0.1, 0.15) is 17.5 Å². The van der Waals surface area contributed by atoms with Crippen molar-refractivity contribution < 1.29 is 14.3 Å². The first-order valence-electron chi connectivity index (χ1n) is 7.86. The fraction of sp³-hybridized carbons (Fsp3) is 0.250. The molecule has 0 spiro atoms. The molecule has 2 aromatic carbocycles. The summed E-state index contributed by atoms with van der Waals surface area (Å²) in [5, 5.41) is 3.58. The third-order valence-corrected chi connectivity index (χ3v) is 3.83. The molecule has 0 radical (unpaired) electrons. The van der Waals surface area contributed by atoms with Crippen LogP contribution in [0.4, 0.5) is 0 Å². The van der Waals surface area contributed by atoms with E-state index in [2.05, 4.69) is 11.2 Å². The van der Waals surface area contributed by atoms with Crippen molar-refractivity contribution in [2.45, 2.75) is 19.4 Å². The van der Waals surface area contributed by atoms with E-state index in [0.717, 1.165) is 11.1 Å². The van der Waals surface area contributed by atoms with Crippen LogP contribution in [0.3, 0.4) is 0 Å². The van der Waals surface area contributed by atoms with Gasteiger partial charge in [-0.3, -0.25) is 4.79 Å². The lowest BCUT2D eigenvalue weighted by atomic mass is 10.1. The summed E-state index contributed by atoms with van der Waals surface area (Å²) in [5.74, 6) is 3.60. The zero-order valence-electron chi connectivity index (χ0n) is 14.0. The molecule has 0 aliphatic heterocycles. The molecular formula is C20H20ClNO3. The SMILES string of the molecule is C#CCOc1ccc(CCC(=O)NCc2ccc(Cl)cc2)cc1OC. The number of benzene rings is 2. The van der Waals surface area contributed by atoms with Crippen molar-refractivity contribution in [2.75, 3.05) is 13.7 Å². The molecule has 0 saturated carbocycles. The van der Waals surface area contributed by atoms with E-state index in [-0.39, 0.29) is 12.5 Å². The second-order valence-corrected chi connectivity index (χ2v) is 5.82. The Morgan fingerprint density at radius 3 is 2.56 bits per heavy atom. The van der Waals surface area contributed by atoms with Gasteiger partial charge in [0, 0.05) is 18.0 Å². The zero-order chi connectivity index (χ0) is 18.1. The molecule has 2 aromatic rings. The standard InChI is InChI=1S/C20H20ClNO3/c1-3-12-25-18-10-6-15(13-19(18)24-2)7-11-20(23)22-14-16-4-8-17(21)9-5-16/h1,4-6,8-10,13H,7,11-12,14H2,2H3,(H,22,23). The number of carbonyl (C=O) groups excluding carboxylic acids is 1. The van der Waals surface area contributed by atoms with E-state index < -0.39 is 0 Å². The highest BCUT2D eigenvalue weighted by Crippen LogP contribution is 2.28. The maximum atomic E-state index is 12.0. The van der Waals surface area contributed by atoms with E-state index in [4.69, 9.17) is 27.5 Å². The molecule has 0 aliphatic rings. The molecule has 0 aromatic heterocycles. The number of hydrogen-bond acceptors (Lipinski definition) is 3. The Kier molecular flexibility index (Phi) is 7.18. The lowest BCUT2D eigenvalue weighted by Gasteiger charge is -2.11. The minimum Gasteiger partial charge on any atom is -0.493 e. The van der Waals surface area contributed by atoms with Crippen LogP contribution in [-0.4, -0.2) is 19.6 Å². The lowest BCUT2D eigenvalue weighted by molar-refractivity contribution is -0.121. The van der Waals surface area contributed by atoms with Crippen molar-refractivity contribution in [1.29, 1.82) is 0 Å². The van der Waals surface area contributed by atoms with E-state index in [0.29, 0.717) is 35.9 Å². The smallest absolute Gasteiger partial charge is 0.220 e. The molecule has 1 amide bonds. The average Bonchev–Trinajstić information content (AvgIpc) is 2.64. The van der Waals surface area contributed by atoms with Crippen molar-refractivity contribution in [3.63, 3.8) is 0 Å². The number of methoxy groups -OCH3 is 1. The molecule has 0 fully saturated rings. The number of terminal acetylenes is 1. The number of halogens is 1. The van der Waals surface area contributed by atoms with E-state index in [9.17, 15) is 4.79 Å². The van der Waals surface area contributed by atoms with E-state index in [1.807, 2.05) is 24.3 Å². The predicted octanol–water partition coefficient (Wildman–Crippen LogP) is 3.61. The molecule has 130 valence electrons. The van der Waals surface area contributed by atoms with Gasteiger partial charge in [-0.05, 0) is 41.8 Å². The van der Waals surface area contributed by atoms with Gasteiger partial charge in [0.2, 0.25) is 5.91 Å². The van der Waals surface area contributed by atoms with Gasteiger partial charge in [-0.1, -0.05) is 35.7 Å². The van der Waals surface area contributed by atoms with Gasteiger partial charge in [0.05, 0.1) is 7.11 Å². The van der Waals surface area contributed by atoms with Gasteiger partial charge in [0.25, 0.3) is 0 Å². The Labute approximate surface area is 153 Å². The van der Waals surface area contributed by atoms with Gasteiger partial charge in [0.15, 0.2) is 11.5 Å². The molecule has 5 heteroatoms. The molecule has 0 bridgehead atoms. The summed E-state index contributed by atoms with van der Waals surface area (Å²) < 4.78 is 10.7. The fourth-order valence-electron chi connectivity index (χ4n) is 2.26.